The van der Waals surface area contributed by atoms with E-state index in [2.05, 4.69) is 4.98 Å². The Balaban J connectivity index is 1.86. The fraction of sp³-hybridized carbons (Fsp3) is 0.286. The summed E-state index contributed by atoms with van der Waals surface area (Å²) < 4.78 is 17.1. The van der Waals surface area contributed by atoms with Crippen molar-refractivity contribution in [3.8, 4) is 11.5 Å². The van der Waals surface area contributed by atoms with Gasteiger partial charge in [0.25, 0.3) is 0 Å². The Morgan fingerprint density at radius 2 is 1.46 bits per heavy atom. The van der Waals surface area contributed by atoms with Gasteiger partial charge in [-0.25, -0.2) is 4.98 Å². The zero-order chi connectivity index (χ0) is 20.1. The lowest BCUT2D eigenvalue weighted by Gasteiger charge is -2.18. The maximum Gasteiger partial charge on any atom is 0.188 e. The molecule has 0 aliphatic rings. The second kappa shape index (κ2) is 8.88. The Morgan fingerprint density at radius 1 is 0.893 bits per heavy atom. The van der Waals surface area contributed by atoms with E-state index in [1.54, 1.807) is 80.7 Å². The lowest BCUT2D eigenvalue weighted by Crippen LogP contribution is -2.11. The first-order chi connectivity index (χ1) is 13.5. The molecule has 0 spiro atoms. The number of rotatable bonds is 8. The Labute approximate surface area is 163 Å². The zero-order valence-corrected chi connectivity index (χ0v) is 16.1. The predicted octanol–water partition coefficient (Wildman–Crippen LogP) is 2.57. The zero-order valence-electron chi connectivity index (χ0n) is 16.1. The van der Waals surface area contributed by atoms with Crippen molar-refractivity contribution in [2.45, 2.75) is 12.2 Å². The second-order valence-electron chi connectivity index (χ2n) is 6.32. The van der Waals surface area contributed by atoms with Gasteiger partial charge in [-0.3, -0.25) is 0 Å². The van der Waals surface area contributed by atoms with E-state index >= 15 is 0 Å². The van der Waals surface area contributed by atoms with Gasteiger partial charge in [-0.1, -0.05) is 24.3 Å². The van der Waals surface area contributed by atoms with Crippen molar-refractivity contribution in [1.82, 2.24) is 9.55 Å². The number of hydrogen-bond acceptors (Lipinski definition) is 6. The number of benzene rings is 2. The highest BCUT2D eigenvalue weighted by Gasteiger charge is 2.25. The number of hydrogen-bond donors (Lipinski definition) is 2. The minimum atomic E-state index is -0.971. The third-order valence-corrected chi connectivity index (χ3v) is 4.50. The topological polar surface area (TPSA) is 86.0 Å². The highest BCUT2D eigenvalue weighted by molar-refractivity contribution is 5.38. The number of aryl methyl sites for hydroxylation is 1. The van der Waals surface area contributed by atoms with Crippen LogP contribution in [0.1, 0.15) is 34.7 Å². The van der Waals surface area contributed by atoms with Crippen LogP contribution in [0.3, 0.4) is 0 Å². The molecule has 1 heterocycles. The minimum absolute atomic E-state index is 0.155. The molecule has 3 rings (SSSR count). The molecule has 2 N–H and O–H groups in total. The Bertz CT molecular complexity index is 890. The molecule has 28 heavy (non-hydrogen) atoms. The standard InChI is InChI=1S/C21H24N2O5/c1-23-12-22-18(20(24)14-4-8-16(27-3)9-5-14)19(23)21(25)15-6-10-17(11-7-15)28-13-26-2/h4-12,20-21,24-25H,13H2,1-3H3. The third-order valence-electron chi connectivity index (χ3n) is 4.50. The molecule has 1 aromatic heterocycles. The van der Waals surface area contributed by atoms with Crippen LogP contribution in [0.25, 0.3) is 0 Å². The molecule has 0 amide bonds. The average Bonchev–Trinajstić information content (AvgIpc) is 3.13. The summed E-state index contributed by atoms with van der Waals surface area (Å²) in [6.45, 7) is 0.155. The van der Waals surface area contributed by atoms with Gasteiger partial charge in [-0.2, -0.15) is 0 Å². The van der Waals surface area contributed by atoms with Crippen LogP contribution in [0, 0.1) is 0 Å². The maximum absolute atomic E-state index is 10.9. The Hall–Kier alpha value is -2.87. The molecule has 148 valence electrons. The fourth-order valence-electron chi connectivity index (χ4n) is 2.98. The molecule has 2 aromatic carbocycles. The van der Waals surface area contributed by atoms with Gasteiger partial charge < -0.3 is 29.0 Å². The van der Waals surface area contributed by atoms with Crippen LogP contribution in [-0.4, -0.2) is 40.8 Å². The average molecular weight is 384 g/mol. The first-order valence-corrected chi connectivity index (χ1v) is 8.78. The summed E-state index contributed by atoms with van der Waals surface area (Å²) >= 11 is 0. The molecule has 0 saturated carbocycles. The van der Waals surface area contributed by atoms with Gasteiger partial charge in [-0.15, -0.1) is 0 Å². The molecule has 0 aliphatic carbocycles. The molecule has 0 fully saturated rings. The summed E-state index contributed by atoms with van der Waals surface area (Å²) in [5.41, 5.74) is 2.25. The summed E-state index contributed by atoms with van der Waals surface area (Å²) in [5.74, 6) is 1.34. The summed E-state index contributed by atoms with van der Waals surface area (Å²) in [7, 11) is 4.92. The molecule has 7 nitrogen and oxygen atoms in total. The van der Waals surface area contributed by atoms with Crippen molar-refractivity contribution in [3.63, 3.8) is 0 Å². The largest absolute Gasteiger partial charge is 0.497 e. The number of ether oxygens (including phenoxy) is 3. The quantitative estimate of drug-likeness (QED) is 0.581. The van der Waals surface area contributed by atoms with E-state index in [1.807, 2.05) is 0 Å². The van der Waals surface area contributed by atoms with E-state index in [1.165, 1.54) is 0 Å². The number of aliphatic hydroxyl groups excluding tert-OH is 2. The number of aliphatic hydroxyl groups is 2. The van der Waals surface area contributed by atoms with Crippen molar-refractivity contribution in [1.29, 1.82) is 0 Å². The molecule has 0 saturated heterocycles. The van der Waals surface area contributed by atoms with E-state index in [0.29, 0.717) is 34.0 Å². The molecule has 0 bridgehead atoms. The summed E-state index contributed by atoms with van der Waals surface area (Å²) in [6, 6.07) is 14.2. The smallest absolute Gasteiger partial charge is 0.188 e. The third kappa shape index (κ3) is 4.17. The van der Waals surface area contributed by atoms with E-state index < -0.39 is 12.2 Å². The monoisotopic (exact) mass is 384 g/mol. The Kier molecular flexibility index (Phi) is 6.30. The van der Waals surface area contributed by atoms with Crippen LogP contribution in [0.2, 0.25) is 0 Å². The molecular weight excluding hydrogens is 360 g/mol. The molecule has 3 aromatic rings. The first kappa shape index (κ1) is 19.9. The molecule has 2 atom stereocenters. The van der Waals surface area contributed by atoms with Crippen molar-refractivity contribution in [2.75, 3.05) is 21.0 Å². The lowest BCUT2D eigenvalue weighted by molar-refractivity contribution is 0.0511. The molecule has 0 radical (unpaired) electrons. The molecular formula is C21H24N2O5. The van der Waals surface area contributed by atoms with Gasteiger partial charge in [0.2, 0.25) is 0 Å². The number of nitrogens with zero attached hydrogens (tertiary/aromatic N) is 2. The highest BCUT2D eigenvalue weighted by atomic mass is 16.7. The van der Waals surface area contributed by atoms with Crippen LogP contribution in [0.15, 0.2) is 54.9 Å². The van der Waals surface area contributed by atoms with Crippen LogP contribution >= 0.6 is 0 Å². The van der Waals surface area contributed by atoms with Gasteiger partial charge >= 0.3 is 0 Å². The van der Waals surface area contributed by atoms with Gasteiger partial charge in [0, 0.05) is 14.2 Å². The lowest BCUT2D eigenvalue weighted by atomic mass is 9.99. The number of methoxy groups -OCH3 is 2. The van der Waals surface area contributed by atoms with Crippen LogP contribution in [-0.2, 0) is 11.8 Å². The van der Waals surface area contributed by atoms with E-state index in [-0.39, 0.29) is 6.79 Å². The van der Waals surface area contributed by atoms with Crippen molar-refractivity contribution in [2.24, 2.45) is 7.05 Å². The van der Waals surface area contributed by atoms with Crippen molar-refractivity contribution >= 4 is 0 Å². The van der Waals surface area contributed by atoms with Gasteiger partial charge in [0.1, 0.15) is 23.7 Å². The van der Waals surface area contributed by atoms with E-state index in [4.69, 9.17) is 14.2 Å². The normalized spacial score (nSPS) is 13.2. The number of aromatic nitrogens is 2. The molecule has 7 heteroatoms. The predicted molar refractivity (Wildman–Crippen MR) is 103 cm³/mol. The second-order valence-corrected chi connectivity index (χ2v) is 6.32. The summed E-state index contributed by atoms with van der Waals surface area (Å²) in [6.07, 6.45) is -0.343. The number of imidazole rings is 1. The van der Waals surface area contributed by atoms with Gasteiger partial charge in [0.15, 0.2) is 6.79 Å². The fourth-order valence-corrected chi connectivity index (χ4v) is 2.98. The van der Waals surface area contributed by atoms with Crippen molar-refractivity contribution in [3.05, 3.63) is 77.4 Å². The Morgan fingerprint density at radius 3 is 2.04 bits per heavy atom. The molecule has 0 aliphatic heterocycles. The highest BCUT2D eigenvalue weighted by Crippen LogP contribution is 2.32. The van der Waals surface area contributed by atoms with Gasteiger partial charge in [0.05, 0.1) is 24.8 Å². The van der Waals surface area contributed by atoms with E-state index in [9.17, 15) is 10.2 Å². The first-order valence-electron chi connectivity index (χ1n) is 8.78. The SMILES string of the molecule is COCOc1ccc(C(O)c2c(C(O)c3ccc(OC)cc3)ncn2C)cc1. The molecule has 2 unspecified atom stereocenters. The van der Waals surface area contributed by atoms with Crippen molar-refractivity contribution < 1.29 is 24.4 Å². The maximum atomic E-state index is 10.9. The minimum Gasteiger partial charge on any atom is -0.497 e. The van der Waals surface area contributed by atoms with Gasteiger partial charge in [-0.05, 0) is 35.4 Å². The van der Waals surface area contributed by atoms with Crippen LogP contribution < -0.4 is 9.47 Å². The summed E-state index contributed by atoms with van der Waals surface area (Å²) in [5, 5.41) is 21.8. The van der Waals surface area contributed by atoms with Crippen LogP contribution in [0.4, 0.5) is 0 Å². The summed E-state index contributed by atoms with van der Waals surface area (Å²) in [4.78, 5) is 4.32. The van der Waals surface area contributed by atoms with E-state index in [0.717, 1.165) is 0 Å². The van der Waals surface area contributed by atoms with Crippen LogP contribution in [0.5, 0.6) is 11.5 Å².